The smallest absolute Gasteiger partial charge is 0.338 e. The fraction of sp³-hybridized carbons (Fsp3) is 0.125. The molecule has 9 heteroatoms. The second-order valence-electron chi connectivity index (χ2n) is 2.86. The van der Waals surface area contributed by atoms with E-state index >= 15 is 0 Å². The number of carboxylic acids is 1. The van der Waals surface area contributed by atoms with Gasteiger partial charge in [0.15, 0.2) is 0 Å². The Kier molecular flexibility index (Phi) is 3.76. The zero-order valence-electron chi connectivity index (χ0n) is 8.40. The zero-order chi connectivity index (χ0) is 13.2. The number of carboxylic acid groups (broad SMARTS) is 1. The Balaban J connectivity index is 3.45. The third kappa shape index (κ3) is 2.75. The fourth-order valence-electron chi connectivity index (χ4n) is 1.05. The van der Waals surface area contributed by atoms with Crippen molar-refractivity contribution in [2.45, 2.75) is 4.90 Å². The van der Waals surface area contributed by atoms with Crippen molar-refractivity contribution in [2.75, 3.05) is 7.11 Å². The Morgan fingerprint density at radius 2 is 1.94 bits per heavy atom. The molecule has 1 rings (SSSR count). The molecule has 0 fully saturated rings. The van der Waals surface area contributed by atoms with Crippen LogP contribution >= 0.6 is 0 Å². The van der Waals surface area contributed by atoms with Crippen molar-refractivity contribution in [2.24, 2.45) is 0 Å². The van der Waals surface area contributed by atoms with Crippen LogP contribution in [0.3, 0.4) is 0 Å². The van der Waals surface area contributed by atoms with Crippen LogP contribution in [0.15, 0.2) is 17.0 Å². The van der Waals surface area contributed by atoms with E-state index in [1.807, 2.05) is 0 Å². The number of halogens is 2. The summed E-state index contributed by atoms with van der Waals surface area (Å²) in [5.74, 6) is -4.50. The molecule has 0 aliphatic rings. The van der Waals surface area contributed by atoms with Crippen LogP contribution in [0.25, 0.3) is 0 Å². The first-order chi connectivity index (χ1) is 7.79. The molecule has 0 saturated carbocycles. The Morgan fingerprint density at radius 3 is 2.41 bits per heavy atom. The summed E-state index contributed by atoms with van der Waals surface area (Å²) >= 11 is 0. The van der Waals surface area contributed by atoms with Crippen LogP contribution in [0.1, 0.15) is 10.4 Å². The van der Waals surface area contributed by atoms with Crippen LogP contribution in [-0.2, 0) is 14.9 Å². The summed E-state index contributed by atoms with van der Waals surface area (Å²) in [6, 6.07) is 0.544. The monoisotopic (exact) mass is 267 g/mol. The third-order valence-electron chi connectivity index (χ3n) is 1.73. The standard InChI is InChI=1S/C8H7F2NO5S/c1-16-11-17(14,15)7-2-4(8(12)13)5(9)3-6(7)10/h2-3,11H,1H3,(H,12,13). The van der Waals surface area contributed by atoms with E-state index in [-0.39, 0.29) is 6.07 Å². The molecule has 0 heterocycles. The van der Waals surface area contributed by atoms with Gasteiger partial charge in [0.2, 0.25) is 0 Å². The van der Waals surface area contributed by atoms with E-state index in [1.54, 1.807) is 0 Å². The Morgan fingerprint density at radius 1 is 1.35 bits per heavy atom. The van der Waals surface area contributed by atoms with Gasteiger partial charge in [-0.3, -0.25) is 4.84 Å². The van der Waals surface area contributed by atoms with Crippen molar-refractivity contribution < 1.29 is 31.9 Å². The molecule has 0 spiro atoms. The van der Waals surface area contributed by atoms with E-state index in [1.165, 1.54) is 4.89 Å². The van der Waals surface area contributed by atoms with Gasteiger partial charge in [0.25, 0.3) is 10.0 Å². The molecule has 0 bridgehead atoms. The normalized spacial score (nSPS) is 11.5. The van der Waals surface area contributed by atoms with Crippen LogP contribution in [0.5, 0.6) is 0 Å². The summed E-state index contributed by atoms with van der Waals surface area (Å²) in [5.41, 5.74) is -0.956. The SMILES string of the molecule is CONS(=O)(=O)c1cc(C(=O)O)c(F)cc1F. The van der Waals surface area contributed by atoms with Crippen molar-refractivity contribution in [1.82, 2.24) is 4.89 Å². The Labute approximate surface area is 94.8 Å². The van der Waals surface area contributed by atoms with Crippen LogP contribution < -0.4 is 4.89 Å². The largest absolute Gasteiger partial charge is 0.478 e. The van der Waals surface area contributed by atoms with Crippen LogP contribution in [-0.4, -0.2) is 26.6 Å². The molecular weight excluding hydrogens is 260 g/mol. The first-order valence-corrected chi connectivity index (χ1v) is 5.55. The van der Waals surface area contributed by atoms with Gasteiger partial charge in [-0.05, 0) is 6.07 Å². The number of hydrogen-bond donors (Lipinski definition) is 2. The predicted molar refractivity (Wildman–Crippen MR) is 50.6 cm³/mol. The van der Waals surface area contributed by atoms with E-state index in [2.05, 4.69) is 4.84 Å². The van der Waals surface area contributed by atoms with Gasteiger partial charge in [-0.15, -0.1) is 0 Å². The van der Waals surface area contributed by atoms with Crippen molar-refractivity contribution in [1.29, 1.82) is 0 Å². The minimum atomic E-state index is -4.39. The lowest BCUT2D eigenvalue weighted by Gasteiger charge is -2.07. The maximum atomic E-state index is 13.2. The number of rotatable bonds is 4. The van der Waals surface area contributed by atoms with Gasteiger partial charge < -0.3 is 5.11 Å². The van der Waals surface area contributed by atoms with Crippen molar-refractivity contribution in [3.05, 3.63) is 29.3 Å². The number of hydrogen-bond acceptors (Lipinski definition) is 4. The summed E-state index contributed by atoms with van der Waals surface area (Å²) in [7, 11) is -3.42. The van der Waals surface area contributed by atoms with Crippen LogP contribution in [0.4, 0.5) is 8.78 Å². The summed E-state index contributed by atoms with van der Waals surface area (Å²) < 4.78 is 48.9. The number of nitrogens with one attached hydrogen (secondary N) is 1. The highest BCUT2D eigenvalue weighted by Gasteiger charge is 2.24. The number of sulfonamides is 1. The van der Waals surface area contributed by atoms with Gasteiger partial charge in [-0.25, -0.2) is 22.0 Å². The Bertz CT molecular complexity index is 557. The van der Waals surface area contributed by atoms with Gasteiger partial charge in [0.05, 0.1) is 12.7 Å². The van der Waals surface area contributed by atoms with Gasteiger partial charge in [0.1, 0.15) is 16.5 Å². The minimum Gasteiger partial charge on any atom is -0.478 e. The molecular formula is C8H7F2NO5S. The van der Waals surface area contributed by atoms with E-state index in [4.69, 9.17) is 5.11 Å². The number of carbonyl (C=O) groups is 1. The minimum absolute atomic E-state index is 0.174. The fourth-order valence-corrected chi connectivity index (χ4v) is 1.95. The van der Waals surface area contributed by atoms with E-state index in [0.717, 1.165) is 7.11 Å². The first-order valence-electron chi connectivity index (χ1n) is 4.06. The number of aromatic carboxylic acids is 1. The quantitative estimate of drug-likeness (QED) is 0.775. The molecule has 1 aromatic carbocycles. The molecule has 0 aromatic heterocycles. The Hall–Kier alpha value is -1.58. The van der Waals surface area contributed by atoms with Gasteiger partial charge in [0, 0.05) is 6.07 Å². The zero-order valence-corrected chi connectivity index (χ0v) is 9.22. The van der Waals surface area contributed by atoms with Crippen molar-refractivity contribution >= 4 is 16.0 Å². The second-order valence-corrected chi connectivity index (χ2v) is 4.47. The topological polar surface area (TPSA) is 92.7 Å². The predicted octanol–water partition coefficient (Wildman–Crippen LogP) is 0.503. The summed E-state index contributed by atoms with van der Waals surface area (Å²) in [6.45, 7) is 0. The number of benzene rings is 1. The molecule has 0 aliphatic heterocycles. The molecule has 0 saturated heterocycles. The molecule has 0 unspecified atom stereocenters. The van der Waals surface area contributed by atoms with Crippen LogP contribution in [0.2, 0.25) is 0 Å². The lowest BCUT2D eigenvalue weighted by molar-refractivity contribution is 0.0691. The van der Waals surface area contributed by atoms with Gasteiger partial charge >= 0.3 is 5.97 Å². The molecule has 2 N–H and O–H groups in total. The van der Waals surface area contributed by atoms with Gasteiger partial charge in [-0.1, -0.05) is 4.89 Å². The lowest BCUT2D eigenvalue weighted by Crippen LogP contribution is -2.24. The van der Waals surface area contributed by atoms with E-state index < -0.39 is 38.1 Å². The molecule has 0 radical (unpaired) electrons. The maximum absolute atomic E-state index is 13.2. The molecule has 0 atom stereocenters. The molecule has 1 aromatic rings. The summed E-state index contributed by atoms with van der Waals surface area (Å²) in [6.07, 6.45) is 0. The molecule has 94 valence electrons. The second kappa shape index (κ2) is 4.73. The third-order valence-corrected chi connectivity index (χ3v) is 3.01. The average Bonchev–Trinajstić information content (AvgIpc) is 2.15. The molecule has 0 amide bonds. The van der Waals surface area contributed by atoms with Crippen molar-refractivity contribution in [3.8, 4) is 0 Å². The van der Waals surface area contributed by atoms with E-state index in [9.17, 15) is 22.0 Å². The summed E-state index contributed by atoms with van der Waals surface area (Å²) in [4.78, 5) is 15.1. The lowest BCUT2D eigenvalue weighted by atomic mass is 10.2. The highest BCUT2D eigenvalue weighted by atomic mass is 32.2. The van der Waals surface area contributed by atoms with Crippen molar-refractivity contribution in [3.63, 3.8) is 0 Å². The van der Waals surface area contributed by atoms with E-state index in [0.29, 0.717) is 6.07 Å². The average molecular weight is 267 g/mol. The highest BCUT2D eigenvalue weighted by molar-refractivity contribution is 7.89. The van der Waals surface area contributed by atoms with Gasteiger partial charge in [-0.2, -0.15) is 0 Å². The first kappa shape index (κ1) is 13.5. The molecule has 6 nitrogen and oxygen atoms in total. The summed E-state index contributed by atoms with van der Waals surface area (Å²) in [5, 5.41) is 8.57. The molecule has 17 heavy (non-hydrogen) atoms. The molecule has 0 aliphatic carbocycles. The van der Waals surface area contributed by atoms with Crippen LogP contribution in [0, 0.1) is 11.6 Å². The maximum Gasteiger partial charge on any atom is 0.338 e. The highest BCUT2D eigenvalue weighted by Crippen LogP contribution is 2.19.